The lowest BCUT2D eigenvalue weighted by Crippen LogP contribution is -2.35. The van der Waals surface area contributed by atoms with Crippen LogP contribution in [0, 0.1) is 6.92 Å². The Kier molecular flexibility index (Phi) is 4.81. The fourth-order valence-electron chi connectivity index (χ4n) is 1.84. The van der Waals surface area contributed by atoms with Crippen molar-refractivity contribution in [2.24, 2.45) is 5.73 Å². The topological polar surface area (TPSA) is 68.0 Å². The van der Waals surface area contributed by atoms with E-state index in [1.165, 1.54) is 11.3 Å². The predicted octanol–water partition coefficient (Wildman–Crippen LogP) is 2.14. The normalized spacial score (nSPS) is 11.8. The number of aromatic nitrogens is 1. The van der Waals surface area contributed by atoms with Crippen LogP contribution in [0.5, 0.6) is 0 Å². The number of benzene rings is 1. The molecule has 20 heavy (non-hydrogen) atoms. The number of aryl methyl sites for hydroxylation is 1. The van der Waals surface area contributed by atoms with Crippen molar-refractivity contribution in [3.05, 3.63) is 52.0 Å². The van der Waals surface area contributed by atoms with E-state index in [4.69, 9.17) is 18.0 Å². The van der Waals surface area contributed by atoms with Crippen LogP contribution in [0.4, 0.5) is 0 Å². The molecule has 3 N–H and O–H groups in total. The van der Waals surface area contributed by atoms with E-state index in [0.29, 0.717) is 6.54 Å². The van der Waals surface area contributed by atoms with Gasteiger partial charge in [0.1, 0.15) is 10.9 Å². The van der Waals surface area contributed by atoms with Crippen LogP contribution >= 0.6 is 23.6 Å². The van der Waals surface area contributed by atoms with Crippen LogP contribution in [0.25, 0.3) is 0 Å². The van der Waals surface area contributed by atoms with Gasteiger partial charge in [0.05, 0.1) is 11.5 Å². The summed E-state index contributed by atoms with van der Waals surface area (Å²) in [5.74, 6) is -0.802. The Morgan fingerprint density at radius 3 is 2.70 bits per heavy atom. The summed E-state index contributed by atoms with van der Waals surface area (Å²) in [6.45, 7) is 2.31. The summed E-state index contributed by atoms with van der Waals surface area (Å²) in [4.78, 5) is 16.7. The van der Waals surface area contributed by atoms with E-state index in [0.717, 1.165) is 16.3 Å². The summed E-state index contributed by atoms with van der Waals surface area (Å²) < 4.78 is 0. The lowest BCUT2D eigenvalue weighted by atomic mass is 9.98. The van der Waals surface area contributed by atoms with Gasteiger partial charge in [0.15, 0.2) is 0 Å². The number of nitrogens with two attached hydrogens (primary N) is 1. The van der Waals surface area contributed by atoms with E-state index in [2.05, 4.69) is 10.3 Å². The summed E-state index contributed by atoms with van der Waals surface area (Å²) in [6.07, 6.45) is 0. The van der Waals surface area contributed by atoms with Gasteiger partial charge in [-0.05, 0) is 12.5 Å². The van der Waals surface area contributed by atoms with Crippen molar-refractivity contribution in [3.63, 3.8) is 0 Å². The van der Waals surface area contributed by atoms with Gasteiger partial charge < -0.3 is 11.1 Å². The molecular formula is C14H15N3OS2. The molecule has 1 amide bonds. The number of hydrogen-bond acceptors (Lipinski definition) is 4. The number of rotatable bonds is 5. The first-order valence-corrected chi connectivity index (χ1v) is 7.39. The van der Waals surface area contributed by atoms with Crippen molar-refractivity contribution in [1.29, 1.82) is 0 Å². The molecule has 0 saturated heterocycles. The summed E-state index contributed by atoms with van der Waals surface area (Å²) in [7, 11) is 0. The van der Waals surface area contributed by atoms with Crippen LogP contribution in [-0.2, 0) is 11.3 Å². The predicted molar refractivity (Wildman–Crippen MR) is 84.7 cm³/mol. The Morgan fingerprint density at radius 1 is 1.45 bits per heavy atom. The fraction of sp³-hybridized carbons (Fsp3) is 0.214. The Hall–Kier alpha value is -1.79. The lowest BCUT2D eigenvalue weighted by Gasteiger charge is -2.15. The minimum Gasteiger partial charge on any atom is -0.392 e. The van der Waals surface area contributed by atoms with Gasteiger partial charge in [-0.1, -0.05) is 42.5 Å². The number of nitrogens with zero attached hydrogens (tertiary/aromatic N) is 1. The third-order valence-corrected chi connectivity index (χ3v) is 3.96. The van der Waals surface area contributed by atoms with Crippen LogP contribution in [-0.4, -0.2) is 15.9 Å². The number of carbonyl (C=O) groups is 1. The first kappa shape index (κ1) is 14.6. The molecule has 2 rings (SSSR count). The molecule has 0 aliphatic carbocycles. The van der Waals surface area contributed by atoms with Crippen molar-refractivity contribution in [2.75, 3.05) is 0 Å². The number of thiocarbonyl (C=S) groups is 1. The van der Waals surface area contributed by atoms with Gasteiger partial charge >= 0.3 is 0 Å². The van der Waals surface area contributed by atoms with Gasteiger partial charge in [-0.3, -0.25) is 4.79 Å². The third kappa shape index (κ3) is 3.61. The highest BCUT2D eigenvalue weighted by Gasteiger charge is 2.23. The zero-order chi connectivity index (χ0) is 14.5. The van der Waals surface area contributed by atoms with E-state index in [9.17, 15) is 4.79 Å². The average molecular weight is 305 g/mol. The molecule has 0 bridgehead atoms. The highest BCUT2D eigenvalue weighted by Crippen LogP contribution is 2.17. The first-order chi connectivity index (χ1) is 9.58. The van der Waals surface area contributed by atoms with Crippen molar-refractivity contribution in [2.45, 2.75) is 19.4 Å². The molecular weight excluding hydrogens is 290 g/mol. The van der Waals surface area contributed by atoms with Crippen molar-refractivity contribution in [3.8, 4) is 0 Å². The smallest absolute Gasteiger partial charge is 0.234 e. The second kappa shape index (κ2) is 6.58. The third-order valence-electron chi connectivity index (χ3n) is 2.76. The summed E-state index contributed by atoms with van der Waals surface area (Å²) >= 11 is 6.53. The maximum absolute atomic E-state index is 12.3. The number of carbonyl (C=O) groups excluding carboxylic acids is 1. The average Bonchev–Trinajstić information content (AvgIpc) is 2.83. The monoisotopic (exact) mass is 305 g/mol. The molecule has 2 aromatic rings. The van der Waals surface area contributed by atoms with Gasteiger partial charge in [0.25, 0.3) is 0 Å². The van der Waals surface area contributed by atoms with Crippen LogP contribution in [0.3, 0.4) is 0 Å². The zero-order valence-corrected chi connectivity index (χ0v) is 12.6. The second-order valence-corrected chi connectivity index (χ2v) is 5.76. The molecule has 0 fully saturated rings. The SMILES string of the molecule is Cc1csc(CNC(=O)C(C(N)=S)c2ccccc2)n1. The van der Waals surface area contributed by atoms with Crippen molar-refractivity contribution >= 4 is 34.5 Å². The number of amides is 1. The van der Waals surface area contributed by atoms with Crippen molar-refractivity contribution in [1.82, 2.24) is 10.3 Å². The Bertz CT molecular complexity index is 610. The Morgan fingerprint density at radius 2 is 2.15 bits per heavy atom. The molecule has 6 heteroatoms. The number of nitrogens with one attached hydrogen (secondary N) is 1. The fourth-order valence-corrected chi connectivity index (χ4v) is 2.79. The summed E-state index contributed by atoms with van der Waals surface area (Å²) in [6, 6.07) is 9.29. The van der Waals surface area contributed by atoms with E-state index < -0.39 is 5.92 Å². The number of hydrogen-bond donors (Lipinski definition) is 2. The van der Waals surface area contributed by atoms with Gasteiger partial charge in [-0.25, -0.2) is 4.98 Å². The molecule has 0 saturated carbocycles. The largest absolute Gasteiger partial charge is 0.392 e. The Labute approximate surface area is 127 Å². The minimum absolute atomic E-state index is 0.170. The zero-order valence-electron chi connectivity index (χ0n) is 11.0. The highest BCUT2D eigenvalue weighted by atomic mass is 32.1. The van der Waals surface area contributed by atoms with E-state index in [1.807, 2.05) is 42.6 Å². The molecule has 1 aromatic heterocycles. The molecule has 1 aromatic carbocycles. The van der Waals surface area contributed by atoms with Crippen LogP contribution in [0.2, 0.25) is 0 Å². The highest BCUT2D eigenvalue weighted by molar-refractivity contribution is 7.80. The molecule has 0 aliphatic heterocycles. The summed E-state index contributed by atoms with van der Waals surface area (Å²) in [5.41, 5.74) is 7.45. The molecule has 1 atom stereocenters. The van der Waals surface area contributed by atoms with Crippen LogP contribution in [0.1, 0.15) is 22.2 Å². The molecule has 0 spiro atoms. The molecule has 1 heterocycles. The maximum atomic E-state index is 12.3. The molecule has 1 unspecified atom stereocenters. The molecule has 0 aliphatic rings. The first-order valence-electron chi connectivity index (χ1n) is 6.11. The van der Waals surface area contributed by atoms with Crippen LogP contribution in [0.15, 0.2) is 35.7 Å². The van der Waals surface area contributed by atoms with Gasteiger partial charge in [-0.15, -0.1) is 11.3 Å². The maximum Gasteiger partial charge on any atom is 0.234 e. The standard InChI is InChI=1S/C14H15N3OS2/c1-9-8-20-11(17-9)7-16-14(18)12(13(15)19)10-5-3-2-4-6-10/h2-6,8,12H,7H2,1H3,(H2,15,19)(H,16,18). The quantitative estimate of drug-likeness (QED) is 0.831. The van der Waals surface area contributed by atoms with E-state index in [1.54, 1.807) is 0 Å². The molecule has 0 radical (unpaired) electrons. The van der Waals surface area contributed by atoms with Gasteiger partial charge in [-0.2, -0.15) is 0 Å². The van der Waals surface area contributed by atoms with E-state index >= 15 is 0 Å². The molecule has 4 nitrogen and oxygen atoms in total. The van der Waals surface area contributed by atoms with Gasteiger partial charge in [0.2, 0.25) is 5.91 Å². The summed E-state index contributed by atoms with van der Waals surface area (Å²) in [5, 5.41) is 5.65. The molecule has 104 valence electrons. The number of thiazole rings is 1. The van der Waals surface area contributed by atoms with E-state index in [-0.39, 0.29) is 10.9 Å². The lowest BCUT2D eigenvalue weighted by molar-refractivity contribution is -0.121. The van der Waals surface area contributed by atoms with Gasteiger partial charge in [0, 0.05) is 11.1 Å². The van der Waals surface area contributed by atoms with Crippen molar-refractivity contribution < 1.29 is 4.79 Å². The second-order valence-electron chi connectivity index (χ2n) is 4.35. The van der Waals surface area contributed by atoms with Crippen LogP contribution < -0.4 is 11.1 Å². The Balaban J connectivity index is 2.06. The minimum atomic E-state index is -0.604.